The van der Waals surface area contributed by atoms with E-state index in [0.29, 0.717) is 16.6 Å². The summed E-state index contributed by atoms with van der Waals surface area (Å²) < 4.78 is 13.0. The van der Waals surface area contributed by atoms with Crippen LogP contribution in [0.15, 0.2) is 24.3 Å². The van der Waals surface area contributed by atoms with Crippen LogP contribution < -0.4 is 10.6 Å². The molecule has 0 saturated carbocycles. The van der Waals surface area contributed by atoms with Crippen molar-refractivity contribution in [2.45, 2.75) is 46.1 Å². The molecule has 0 aliphatic heterocycles. The SMILES string of the molecule is CCCC(=O)NC(C(=O)Nc1nnc(-c2ccc(F)cc2)s1)C(C)CC. The van der Waals surface area contributed by atoms with Gasteiger partial charge < -0.3 is 5.32 Å². The fourth-order valence-corrected chi connectivity index (χ4v) is 3.09. The quantitative estimate of drug-likeness (QED) is 0.735. The number of carbonyl (C=O) groups is 2. The summed E-state index contributed by atoms with van der Waals surface area (Å²) >= 11 is 1.20. The van der Waals surface area contributed by atoms with E-state index in [1.165, 1.54) is 23.5 Å². The minimum Gasteiger partial charge on any atom is -0.344 e. The minimum absolute atomic E-state index is 0.0136. The van der Waals surface area contributed by atoms with Gasteiger partial charge in [-0.2, -0.15) is 0 Å². The summed E-state index contributed by atoms with van der Waals surface area (Å²) in [5, 5.41) is 14.4. The van der Waals surface area contributed by atoms with Gasteiger partial charge in [-0.3, -0.25) is 14.9 Å². The van der Waals surface area contributed by atoms with Gasteiger partial charge in [-0.1, -0.05) is 38.5 Å². The normalized spacial score (nSPS) is 13.1. The molecule has 0 aliphatic rings. The second kappa shape index (κ2) is 9.38. The van der Waals surface area contributed by atoms with Crippen LogP contribution in [0.25, 0.3) is 10.6 Å². The molecule has 2 N–H and O–H groups in total. The maximum absolute atomic E-state index is 13.0. The van der Waals surface area contributed by atoms with Crippen molar-refractivity contribution in [3.05, 3.63) is 30.1 Å². The van der Waals surface area contributed by atoms with Gasteiger partial charge in [0.1, 0.15) is 16.9 Å². The number of amides is 2. The van der Waals surface area contributed by atoms with Gasteiger partial charge >= 0.3 is 0 Å². The first-order valence-corrected chi connectivity index (χ1v) is 9.45. The monoisotopic (exact) mass is 378 g/mol. The number of carbonyl (C=O) groups excluding carboxylic acids is 2. The molecular weight excluding hydrogens is 355 g/mol. The molecule has 2 amide bonds. The van der Waals surface area contributed by atoms with Crippen LogP contribution in [0, 0.1) is 11.7 Å². The Bertz CT molecular complexity index is 748. The molecule has 2 aromatic rings. The first-order valence-electron chi connectivity index (χ1n) is 8.64. The molecule has 1 aromatic heterocycles. The Morgan fingerprint density at radius 1 is 1.19 bits per heavy atom. The zero-order valence-corrected chi connectivity index (χ0v) is 15.9. The number of anilines is 1. The lowest BCUT2D eigenvalue weighted by molar-refractivity contribution is -0.127. The Morgan fingerprint density at radius 2 is 1.88 bits per heavy atom. The van der Waals surface area contributed by atoms with Crippen molar-refractivity contribution in [1.82, 2.24) is 15.5 Å². The van der Waals surface area contributed by atoms with E-state index >= 15 is 0 Å². The maximum Gasteiger partial charge on any atom is 0.249 e. The molecule has 0 radical (unpaired) electrons. The average Bonchev–Trinajstić information content (AvgIpc) is 3.08. The molecule has 6 nitrogen and oxygen atoms in total. The molecular formula is C18H23FN4O2S. The minimum atomic E-state index is -0.628. The smallest absolute Gasteiger partial charge is 0.249 e. The Labute approximate surface area is 156 Å². The number of hydrogen-bond acceptors (Lipinski definition) is 5. The summed E-state index contributed by atoms with van der Waals surface area (Å²) in [5.74, 6) is -0.797. The van der Waals surface area contributed by atoms with Gasteiger partial charge in [0.2, 0.25) is 16.9 Å². The summed E-state index contributed by atoms with van der Waals surface area (Å²) in [4.78, 5) is 24.5. The number of benzene rings is 1. The number of nitrogens with zero attached hydrogens (tertiary/aromatic N) is 2. The maximum atomic E-state index is 13.0. The molecule has 0 bridgehead atoms. The van der Waals surface area contributed by atoms with E-state index < -0.39 is 6.04 Å². The van der Waals surface area contributed by atoms with E-state index in [1.807, 2.05) is 20.8 Å². The molecule has 2 rings (SSSR count). The Kier molecular flexibility index (Phi) is 7.20. The van der Waals surface area contributed by atoms with E-state index in [4.69, 9.17) is 0 Å². The summed E-state index contributed by atoms with van der Waals surface area (Å²) in [6, 6.07) is 5.27. The predicted molar refractivity (Wildman–Crippen MR) is 100 cm³/mol. The van der Waals surface area contributed by atoms with Crippen LogP contribution in [-0.4, -0.2) is 28.1 Å². The summed E-state index contributed by atoms with van der Waals surface area (Å²) in [7, 11) is 0. The highest BCUT2D eigenvalue weighted by molar-refractivity contribution is 7.18. The van der Waals surface area contributed by atoms with Crippen LogP contribution in [0.1, 0.15) is 40.0 Å². The zero-order chi connectivity index (χ0) is 19.1. The molecule has 2 unspecified atom stereocenters. The summed E-state index contributed by atoms with van der Waals surface area (Å²) in [6.45, 7) is 5.80. The molecule has 140 valence electrons. The third-order valence-electron chi connectivity index (χ3n) is 4.04. The molecule has 26 heavy (non-hydrogen) atoms. The van der Waals surface area contributed by atoms with Crippen molar-refractivity contribution >= 4 is 28.3 Å². The second-order valence-electron chi connectivity index (χ2n) is 6.09. The highest BCUT2D eigenvalue weighted by atomic mass is 32.1. The van der Waals surface area contributed by atoms with Gasteiger partial charge in [0, 0.05) is 12.0 Å². The largest absolute Gasteiger partial charge is 0.344 e. The number of rotatable bonds is 8. The fourth-order valence-electron chi connectivity index (χ4n) is 2.34. The number of aromatic nitrogens is 2. The lowest BCUT2D eigenvalue weighted by Crippen LogP contribution is -2.47. The van der Waals surface area contributed by atoms with Crippen molar-refractivity contribution in [2.75, 3.05) is 5.32 Å². The first kappa shape index (κ1) is 20.0. The molecule has 1 heterocycles. The van der Waals surface area contributed by atoms with Crippen molar-refractivity contribution in [2.24, 2.45) is 5.92 Å². The lowest BCUT2D eigenvalue weighted by atomic mass is 9.98. The standard InChI is InChI=1S/C18H23FN4O2S/c1-4-6-14(24)20-15(11(3)5-2)16(25)21-18-23-22-17(26-18)12-7-9-13(19)10-8-12/h7-11,15H,4-6H2,1-3H3,(H,20,24)(H,21,23,25). The number of nitrogens with one attached hydrogen (secondary N) is 2. The Hall–Kier alpha value is -2.35. The van der Waals surface area contributed by atoms with Crippen molar-refractivity contribution in [3.8, 4) is 10.6 Å². The van der Waals surface area contributed by atoms with Crippen LogP contribution in [0.3, 0.4) is 0 Å². The number of halogens is 1. The zero-order valence-electron chi connectivity index (χ0n) is 15.1. The molecule has 8 heteroatoms. The molecule has 0 fully saturated rings. The van der Waals surface area contributed by atoms with Gasteiger partial charge in [0.05, 0.1) is 0 Å². The predicted octanol–water partition coefficient (Wildman–Crippen LogP) is 3.61. The summed E-state index contributed by atoms with van der Waals surface area (Å²) in [5.41, 5.74) is 0.721. The summed E-state index contributed by atoms with van der Waals surface area (Å²) in [6.07, 6.45) is 1.85. The molecule has 2 atom stereocenters. The van der Waals surface area contributed by atoms with Gasteiger partial charge in [0.25, 0.3) is 0 Å². The topological polar surface area (TPSA) is 84.0 Å². The van der Waals surface area contributed by atoms with E-state index in [-0.39, 0.29) is 23.5 Å². The lowest BCUT2D eigenvalue weighted by Gasteiger charge is -2.22. The molecule has 0 spiro atoms. The first-order chi connectivity index (χ1) is 12.4. The fraction of sp³-hybridized carbons (Fsp3) is 0.444. The van der Waals surface area contributed by atoms with Gasteiger partial charge in [-0.25, -0.2) is 4.39 Å². The van der Waals surface area contributed by atoms with Crippen molar-refractivity contribution < 1.29 is 14.0 Å². The molecule has 0 saturated heterocycles. The van der Waals surface area contributed by atoms with Gasteiger partial charge in [-0.15, -0.1) is 10.2 Å². The van der Waals surface area contributed by atoms with Crippen LogP contribution in [0.5, 0.6) is 0 Å². The van der Waals surface area contributed by atoms with Crippen molar-refractivity contribution in [1.29, 1.82) is 0 Å². The third kappa shape index (κ3) is 5.32. The molecule has 1 aromatic carbocycles. The Balaban J connectivity index is 2.08. The van der Waals surface area contributed by atoms with Crippen LogP contribution >= 0.6 is 11.3 Å². The third-order valence-corrected chi connectivity index (χ3v) is 4.92. The van der Waals surface area contributed by atoms with E-state index in [0.717, 1.165) is 18.4 Å². The van der Waals surface area contributed by atoms with E-state index in [2.05, 4.69) is 20.8 Å². The second-order valence-corrected chi connectivity index (χ2v) is 7.07. The van der Waals surface area contributed by atoms with Crippen LogP contribution in [0.4, 0.5) is 9.52 Å². The van der Waals surface area contributed by atoms with E-state index in [1.54, 1.807) is 12.1 Å². The van der Waals surface area contributed by atoms with Crippen LogP contribution in [-0.2, 0) is 9.59 Å². The van der Waals surface area contributed by atoms with Gasteiger partial charge in [0.15, 0.2) is 0 Å². The van der Waals surface area contributed by atoms with Crippen LogP contribution in [0.2, 0.25) is 0 Å². The van der Waals surface area contributed by atoms with Gasteiger partial charge in [-0.05, 0) is 36.6 Å². The molecule has 0 aliphatic carbocycles. The highest BCUT2D eigenvalue weighted by Crippen LogP contribution is 2.26. The Morgan fingerprint density at radius 3 is 2.50 bits per heavy atom. The average molecular weight is 378 g/mol. The highest BCUT2D eigenvalue weighted by Gasteiger charge is 2.26. The van der Waals surface area contributed by atoms with E-state index in [9.17, 15) is 14.0 Å². The van der Waals surface area contributed by atoms with Crippen molar-refractivity contribution in [3.63, 3.8) is 0 Å². The number of hydrogen-bond donors (Lipinski definition) is 2.